The normalized spacial score (nSPS) is 20.9. The molecular formula is C10H15N3O5. The smallest absolute Gasteiger partial charge is 0.326 e. The van der Waals surface area contributed by atoms with Gasteiger partial charge in [-0.15, -0.1) is 0 Å². The molecule has 100 valence electrons. The minimum absolute atomic E-state index is 0.0624. The number of urea groups is 1. The summed E-state index contributed by atoms with van der Waals surface area (Å²) in [6.45, 7) is 0.313. The number of amides is 2. The van der Waals surface area contributed by atoms with Gasteiger partial charge in [0.05, 0.1) is 19.2 Å². The first-order chi connectivity index (χ1) is 8.58. The van der Waals surface area contributed by atoms with Crippen LogP contribution in [0.25, 0.3) is 0 Å². The molecule has 3 N–H and O–H groups in total. The van der Waals surface area contributed by atoms with Crippen molar-refractivity contribution >= 4 is 12.0 Å². The predicted octanol–water partition coefficient (Wildman–Crippen LogP) is -1.24. The molecule has 2 atom stereocenters. The minimum atomic E-state index is -1.21. The summed E-state index contributed by atoms with van der Waals surface area (Å²) >= 11 is 0. The van der Waals surface area contributed by atoms with Crippen LogP contribution >= 0.6 is 0 Å². The first-order valence-electron chi connectivity index (χ1n) is 5.48. The van der Waals surface area contributed by atoms with Crippen LogP contribution < -0.4 is 5.32 Å². The Labute approximate surface area is 104 Å². The zero-order chi connectivity index (χ0) is 13.5. The number of morpholine rings is 1. The lowest BCUT2D eigenvalue weighted by Gasteiger charge is -2.30. The Morgan fingerprint density at radius 2 is 2.33 bits per heavy atom. The second kappa shape index (κ2) is 6.78. The quantitative estimate of drug-likeness (QED) is 0.578. The Kier molecular flexibility index (Phi) is 5.35. The van der Waals surface area contributed by atoms with Crippen molar-refractivity contribution in [2.24, 2.45) is 0 Å². The summed E-state index contributed by atoms with van der Waals surface area (Å²) in [6.07, 6.45) is -0.752. The Morgan fingerprint density at radius 3 is 2.89 bits per heavy atom. The number of carboxylic acid groups (broad SMARTS) is 1. The number of aliphatic hydroxyl groups is 1. The van der Waals surface area contributed by atoms with E-state index >= 15 is 0 Å². The van der Waals surface area contributed by atoms with Crippen molar-refractivity contribution in [1.82, 2.24) is 10.2 Å². The number of rotatable bonds is 4. The Balaban J connectivity index is 2.53. The van der Waals surface area contributed by atoms with Crippen LogP contribution in [0, 0.1) is 11.3 Å². The summed E-state index contributed by atoms with van der Waals surface area (Å²) in [5.74, 6) is -1.21. The SMILES string of the molecule is N#CC1CN(C(=O)NC(CCO)C(=O)O)CCO1. The lowest BCUT2D eigenvalue weighted by molar-refractivity contribution is -0.139. The van der Waals surface area contributed by atoms with Crippen LogP contribution in [0.15, 0.2) is 0 Å². The lowest BCUT2D eigenvalue weighted by Crippen LogP contribution is -2.53. The molecular weight excluding hydrogens is 242 g/mol. The molecule has 0 radical (unpaired) electrons. The molecule has 0 saturated carbocycles. The molecule has 0 aromatic rings. The molecule has 8 nitrogen and oxygen atoms in total. The van der Waals surface area contributed by atoms with E-state index in [0.29, 0.717) is 6.54 Å². The maximum absolute atomic E-state index is 11.8. The van der Waals surface area contributed by atoms with Gasteiger partial charge in [-0.25, -0.2) is 9.59 Å². The lowest BCUT2D eigenvalue weighted by atomic mass is 10.2. The summed E-state index contributed by atoms with van der Waals surface area (Å²) in [4.78, 5) is 23.9. The number of carboxylic acids is 1. The van der Waals surface area contributed by atoms with Crippen LogP contribution in [-0.4, -0.2) is 65.6 Å². The van der Waals surface area contributed by atoms with Gasteiger partial charge >= 0.3 is 12.0 Å². The number of nitriles is 1. The van der Waals surface area contributed by atoms with E-state index in [2.05, 4.69) is 5.32 Å². The maximum atomic E-state index is 11.8. The van der Waals surface area contributed by atoms with Crippen LogP contribution in [0.1, 0.15) is 6.42 Å². The highest BCUT2D eigenvalue weighted by Crippen LogP contribution is 2.05. The number of nitrogens with one attached hydrogen (secondary N) is 1. The van der Waals surface area contributed by atoms with E-state index in [1.54, 1.807) is 0 Å². The topological polar surface area (TPSA) is 123 Å². The summed E-state index contributed by atoms with van der Waals surface area (Å²) in [5, 5.41) is 28.5. The molecule has 0 bridgehead atoms. The van der Waals surface area contributed by atoms with E-state index in [1.165, 1.54) is 4.90 Å². The van der Waals surface area contributed by atoms with E-state index in [9.17, 15) is 9.59 Å². The summed E-state index contributed by atoms with van der Waals surface area (Å²) < 4.78 is 5.07. The van der Waals surface area contributed by atoms with Crippen molar-refractivity contribution in [3.8, 4) is 6.07 Å². The van der Waals surface area contributed by atoms with Gasteiger partial charge in [0.2, 0.25) is 0 Å². The van der Waals surface area contributed by atoms with Gasteiger partial charge in [0.15, 0.2) is 6.10 Å². The molecule has 0 aromatic carbocycles. The number of nitrogens with zero attached hydrogens (tertiary/aromatic N) is 2. The molecule has 1 aliphatic heterocycles. The number of aliphatic carboxylic acids is 1. The molecule has 18 heavy (non-hydrogen) atoms. The zero-order valence-electron chi connectivity index (χ0n) is 9.70. The van der Waals surface area contributed by atoms with Crippen molar-refractivity contribution in [1.29, 1.82) is 5.26 Å². The van der Waals surface area contributed by atoms with Crippen molar-refractivity contribution in [3.63, 3.8) is 0 Å². The van der Waals surface area contributed by atoms with Crippen molar-refractivity contribution in [2.75, 3.05) is 26.3 Å². The maximum Gasteiger partial charge on any atom is 0.326 e. The van der Waals surface area contributed by atoms with Crippen molar-refractivity contribution in [2.45, 2.75) is 18.6 Å². The zero-order valence-corrected chi connectivity index (χ0v) is 9.70. The predicted molar refractivity (Wildman–Crippen MR) is 58.6 cm³/mol. The molecule has 1 fully saturated rings. The number of carbonyl (C=O) groups excluding carboxylic acids is 1. The molecule has 2 amide bonds. The van der Waals surface area contributed by atoms with E-state index in [-0.39, 0.29) is 26.2 Å². The van der Waals surface area contributed by atoms with Crippen LogP contribution in [0.3, 0.4) is 0 Å². The number of carbonyl (C=O) groups is 2. The molecule has 1 saturated heterocycles. The highest BCUT2D eigenvalue weighted by molar-refractivity contribution is 5.82. The fraction of sp³-hybridized carbons (Fsp3) is 0.700. The molecule has 1 aliphatic rings. The van der Waals surface area contributed by atoms with E-state index in [0.717, 1.165) is 0 Å². The number of ether oxygens (including phenoxy) is 1. The van der Waals surface area contributed by atoms with Gasteiger partial charge in [0.25, 0.3) is 0 Å². The second-order valence-corrected chi connectivity index (χ2v) is 3.79. The highest BCUT2D eigenvalue weighted by atomic mass is 16.5. The van der Waals surface area contributed by atoms with Gasteiger partial charge in [0.1, 0.15) is 6.04 Å². The molecule has 8 heteroatoms. The number of aliphatic hydroxyl groups excluding tert-OH is 1. The van der Waals surface area contributed by atoms with Crippen LogP contribution in [0.5, 0.6) is 0 Å². The van der Waals surface area contributed by atoms with Gasteiger partial charge < -0.3 is 25.2 Å². The van der Waals surface area contributed by atoms with Crippen molar-refractivity contribution < 1.29 is 24.5 Å². The van der Waals surface area contributed by atoms with Gasteiger partial charge in [-0.2, -0.15) is 5.26 Å². The highest BCUT2D eigenvalue weighted by Gasteiger charge is 2.27. The minimum Gasteiger partial charge on any atom is -0.480 e. The Morgan fingerprint density at radius 1 is 1.61 bits per heavy atom. The van der Waals surface area contributed by atoms with Gasteiger partial charge in [-0.05, 0) is 0 Å². The third-order valence-electron chi connectivity index (χ3n) is 2.51. The fourth-order valence-electron chi connectivity index (χ4n) is 1.54. The van der Waals surface area contributed by atoms with Gasteiger partial charge in [-0.3, -0.25) is 0 Å². The molecule has 0 aromatic heterocycles. The molecule has 1 heterocycles. The molecule has 2 unspecified atom stereocenters. The summed E-state index contributed by atoms with van der Waals surface area (Å²) in [6, 6.07) is 0.186. The second-order valence-electron chi connectivity index (χ2n) is 3.79. The van der Waals surface area contributed by atoms with Gasteiger partial charge in [-0.1, -0.05) is 0 Å². The largest absolute Gasteiger partial charge is 0.480 e. The summed E-state index contributed by atoms with van der Waals surface area (Å²) in [7, 11) is 0. The Bertz CT molecular complexity index is 354. The van der Waals surface area contributed by atoms with Crippen LogP contribution in [0.2, 0.25) is 0 Å². The standard InChI is InChI=1S/C10H15N3O5/c11-5-7-6-13(2-4-18-7)10(17)12-8(1-3-14)9(15)16/h7-8,14H,1-4,6H2,(H,12,17)(H,15,16). The average Bonchev–Trinajstić information content (AvgIpc) is 2.38. The first-order valence-corrected chi connectivity index (χ1v) is 5.48. The fourth-order valence-corrected chi connectivity index (χ4v) is 1.54. The van der Waals surface area contributed by atoms with Crippen molar-refractivity contribution in [3.05, 3.63) is 0 Å². The first kappa shape index (κ1) is 14.2. The third-order valence-corrected chi connectivity index (χ3v) is 2.51. The molecule has 0 aliphatic carbocycles. The van der Waals surface area contributed by atoms with Crippen LogP contribution in [0.4, 0.5) is 4.79 Å². The summed E-state index contributed by atoms with van der Waals surface area (Å²) in [5.41, 5.74) is 0. The Hall–Kier alpha value is -1.85. The van der Waals surface area contributed by atoms with E-state index in [1.807, 2.05) is 6.07 Å². The number of hydrogen-bond donors (Lipinski definition) is 3. The monoisotopic (exact) mass is 257 g/mol. The average molecular weight is 257 g/mol. The number of hydrogen-bond acceptors (Lipinski definition) is 5. The third kappa shape index (κ3) is 3.87. The molecule has 1 rings (SSSR count). The molecule has 0 spiro atoms. The van der Waals surface area contributed by atoms with Crippen LogP contribution in [-0.2, 0) is 9.53 Å². The van der Waals surface area contributed by atoms with Gasteiger partial charge in [0, 0.05) is 19.6 Å². The van der Waals surface area contributed by atoms with E-state index in [4.69, 9.17) is 20.2 Å². The van der Waals surface area contributed by atoms with E-state index < -0.39 is 24.1 Å².